The molecule has 4 rings (SSSR count). The predicted molar refractivity (Wildman–Crippen MR) is 95.3 cm³/mol. The monoisotopic (exact) mass is 343 g/mol. The summed E-state index contributed by atoms with van der Waals surface area (Å²) in [6, 6.07) is 7.96. The number of nitrogens with one attached hydrogen (secondary N) is 1. The third-order valence-electron chi connectivity index (χ3n) is 4.87. The Morgan fingerprint density at radius 3 is 2.83 bits per heavy atom. The summed E-state index contributed by atoms with van der Waals surface area (Å²) in [4.78, 5) is 13.3. The van der Waals surface area contributed by atoms with E-state index in [2.05, 4.69) is 11.4 Å². The summed E-state index contributed by atoms with van der Waals surface area (Å²) in [5.74, 6) is 1.65. The number of hydrogen-bond donors (Lipinski definition) is 1. The first-order valence-electron chi connectivity index (χ1n) is 8.47. The Morgan fingerprint density at radius 2 is 2.04 bits per heavy atom. The second-order valence-electron chi connectivity index (χ2n) is 6.41. The van der Waals surface area contributed by atoms with Crippen LogP contribution in [0.15, 0.2) is 29.6 Å². The van der Waals surface area contributed by atoms with Gasteiger partial charge in [-0.1, -0.05) is 12.1 Å². The SMILES string of the molecule is COc1cccc([C@@H]2CC(=O)Nc3ccsc32)c1OC1CCCC1. The maximum Gasteiger partial charge on any atom is 0.225 e. The molecular weight excluding hydrogens is 322 g/mol. The molecule has 1 aliphatic carbocycles. The molecule has 1 aliphatic heterocycles. The van der Waals surface area contributed by atoms with Gasteiger partial charge < -0.3 is 14.8 Å². The minimum Gasteiger partial charge on any atom is -0.493 e. The molecule has 1 amide bonds. The molecule has 4 nitrogen and oxygen atoms in total. The first-order chi connectivity index (χ1) is 11.8. The Hall–Kier alpha value is -2.01. The van der Waals surface area contributed by atoms with Crippen LogP contribution >= 0.6 is 11.3 Å². The highest BCUT2D eigenvalue weighted by atomic mass is 32.1. The number of fused-ring (bicyclic) bond motifs is 1. The Bertz CT molecular complexity index is 749. The van der Waals surface area contributed by atoms with Crippen molar-refractivity contribution in [3.05, 3.63) is 40.1 Å². The molecule has 1 atom stereocenters. The minimum atomic E-state index is 0.0280. The fourth-order valence-electron chi connectivity index (χ4n) is 3.69. The van der Waals surface area contributed by atoms with Crippen LogP contribution in [0.2, 0.25) is 0 Å². The van der Waals surface area contributed by atoms with Crippen LogP contribution in [0.4, 0.5) is 5.69 Å². The topological polar surface area (TPSA) is 47.6 Å². The van der Waals surface area contributed by atoms with E-state index in [0.29, 0.717) is 6.42 Å². The van der Waals surface area contributed by atoms with Crippen LogP contribution < -0.4 is 14.8 Å². The maximum absolute atomic E-state index is 12.1. The number of amides is 1. The number of anilines is 1. The third-order valence-corrected chi connectivity index (χ3v) is 5.90. The summed E-state index contributed by atoms with van der Waals surface area (Å²) in [6.45, 7) is 0. The van der Waals surface area contributed by atoms with Crippen molar-refractivity contribution >= 4 is 22.9 Å². The molecule has 24 heavy (non-hydrogen) atoms. The zero-order valence-corrected chi connectivity index (χ0v) is 14.5. The smallest absolute Gasteiger partial charge is 0.225 e. The molecule has 1 aromatic carbocycles. The van der Waals surface area contributed by atoms with E-state index in [0.717, 1.165) is 35.6 Å². The molecule has 5 heteroatoms. The van der Waals surface area contributed by atoms with E-state index in [1.807, 2.05) is 23.6 Å². The summed E-state index contributed by atoms with van der Waals surface area (Å²) >= 11 is 1.68. The van der Waals surface area contributed by atoms with Gasteiger partial charge in [-0.3, -0.25) is 4.79 Å². The van der Waals surface area contributed by atoms with Crippen LogP contribution in [0.3, 0.4) is 0 Å². The van der Waals surface area contributed by atoms with Gasteiger partial charge in [-0.05, 0) is 43.2 Å². The molecule has 1 saturated carbocycles. The van der Waals surface area contributed by atoms with Crippen molar-refractivity contribution in [1.82, 2.24) is 0 Å². The van der Waals surface area contributed by atoms with Crippen LogP contribution in [0.25, 0.3) is 0 Å². The van der Waals surface area contributed by atoms with Crippen LogP contribution in [0.1, 0.15) is 48.5 Å². The van der Waals surface area contributed by atoms with E-state index in [1.54, 1.807) is 18.4 Å². The normalized spacial score (nSPS) is 20.5. The van der Waals surface area contributed by atoms with Gasteiger partial charge >= 0.3 is 0 Å². The predicted octanol–water partition coefficient (Wildman–Crippen LogP) is 4.55. The number of rotatable bonds is 4. The molecule has 2 heterocycles. The molecule has 126 valence electrons. The van der Waals surface area contributed by atoms with Gasteiger partial charge in [0.15, 0.2) is 11.5 Å². The van der Waals surface area contributed by atoms with Crippen molar-refractivity contribution in [2.45, 2.75) is 44.1 Å². The summed E-state index contributed by atoms with van der Waals surface area (Å²) in [5.41, 5.74) is 1.98. The zero-order chi connectivity index (χ0) is 16.5. The van der Waals surface area contributed by atoms with Gasteiger partial charge in [-0.15, -0.1) is 11.3 Å². The number of ether oxygens (including phenoxy) is 2. The fourth-order valence-corrected chi connectivity index (χ4v) is 4.66. The highest BCUT2D eigenvalue weighted by molar-refractivity contribution is 7.10. The average Bonchev–Trinajstić information content (AvgIpc) is 3.25. The number of para-hydroxylation sites is 1. The first kappa shape index (κ1) is 15.5. The van der Waals surface area contributed by atoms with Crippen LogP contribution in [-0.2, 0) is 4.79 Å². The summed E-state index contributed by atoms with van der Waals surface area (Å²) < 4.78 is 11.9. The third kappa shape index (κ3) is 2.77. The number of benzene rings is 1. The van der Waals surface area contributed by atoms with Crippen LogP contribution in [0, 0.1) is 0 Å². The first-order valence-corrected chi connectivity index (χ1v) is 9.35. The lowest BCUT2D eigenvalue weighted by atomic mass is 9.89. The van der Waals surface area contributed by atoms with Gasteiger partial charge in [0.1, 0.15) is 0 Å². The van der Waals surface area contributed by atoms with E-state index in [1.165, 1.54) is 17.7 Å². The average molecular weight is 343 g/mol. The Kier molecular flexibility index (Phi) is 4.19. The molecule has 0 saturated heterocycles. The van der Waals surface area contributed by atoms with E-state index >= 15 is 0 Å². The van der Waals surface area contributed by atoms with Crippen molar-refractivity contribution in [3.63, 3.8) is 0 Å². The second kappa shape index (κ2) is 6.48. The number of methoxy groups -OCH3 is 1. The minimum absolute atomic E-state index is 0.0280. The molecule has 1 aromatic heterocycles. The quantitative estimate of drug-likeness (QED) is 0.886. The summed E-state index contributed by atoms with van der Waals surface area (Å²) in [7, 11) is 1.67. The zero-order valence-electron chi connectivity index (χ0n) is 13.7. The maximum atomic E-state index is 12.1. The molecule has 1 fully saturated rings. The van der Waals surface area contributed by atoms with Crippen molar-refractivity contribution in [3.8, 4) is 11.5 Å². The molecule has 2 aliphatic rings. The highest BCUT2D eigenvalue weighted by Crippen LogP contribution is 2.46. The lowest BCUT2D eigenvalue weighted by Crippen LogP contribution is -2.23. The Labute approximate surface area is 145 Å². The van der Waals surface area contributed by atoms with Gasteiger partial charge in [0.25, 0.3) is 0 Å². The van der Waals surface area contributed by atoms with Crippen molar-refractivity contribution in [2.24, 2.45) is 0 Å². The van der Waals surface area contributed by atoms with Gasteiger partial charge in [0.05, 0.1) is 18.9 Å². The lowest BCUT2D eigenvalue weighted by molar-refractivity contribution is -0.116. The van der Waals surface area contributed by atoms with Crippen molar-refractivity contribution in [1.29, 1.82) is 0 Å². The number of carbonyl (C=O) groups is 1. The van der Waals surface area contributed by atoms with E-state index in [9.17, 15) is 4.79 Å². The Balaban J connectivity index is 1.76. The molecule has 0 radical (unpaired) electrons. The van der Waals surface area contributed by atoms with Crippen LogP contribution in [-0.4, -0.2) is 19.1 Å². The molecule has 0 spiro atoms. The standard InChI is InChI=1S/C19H21NO3S/c1-22-16-8-4-7-13(18(16)23-12-5-2-3-6-12)14-11-17(21)20-15-9-10-24-19(14)15/h4,7-10,12,14H,2-3,5-6,11H2,1H3,(H,20,21)/t14-/m0/s1. The largest absolute Gasteiger partial charge is 0.493 e. The van der Waals surface area contributed by atoms with E-state index < -0.39 is 0 Å². The second-order valence-corrected chi connectivity index (χ2v) is 7.35. The van der Waals surface area contributed by atoms with Gasteiger partial charge in [0.2, 0.25) is 5.91 Å². The molecule has 0 bridgehead atoms. The van der Waals surface area contributed by atoms with Crippen molar-refractivity contribution < 1.29 is 14.3 Å². The summed E-state index contributed by atoms with van der Waals surface area (Å²) in [6.07, 6.45) is 5.31. The molecule has 1 N–H and O–H groups in total. The number of carbonyl (C=O) groups excluding carboxylic acids is 1. The van der Waals surface area contributed by atoms with Gasteiger partial charge in [-0.25, -0.2) is 0 Å². The fraction of sp³-hybridized carbons (Fsp3) is 0.421. The van der Waals surface area contributed by atoms with Crippen LogP contribution in [0.5, 0.6) is 11.5 Å². The van der Waals surface area contributed by atoms with E-state index in [-0.39, 0.29) is 17.9 Å². The Morgan fingerprint density at radius 1 is 1.21 bits per heavy atom. The lowest BCUT2D eigenvalue weighted by Gasteiger charge is -2.26. The number of thiophene rings is 1. The van der Waals surface area contributed by atoms with Gasteiger partial charge in [0, 0.05) is 22.8 Å². The highest BCUT2D eigenvalue weighted by Gasteiger charge is 2.31. The van der Waals surface area contributed by atoms with Crippen molar-refractivity contribution in [2.75, 3.05) is 12.4 Å². The van der Waals surface area contributed by atoms with Gasteiger partial charge in [-0.2, -0.15) is 0 Å². The molecule has 2 aromatic rings. The van der Waals surface area contributed by atoms with E-state index in [4.69, 9.17) is 9.47 Å². The number of hydrogen-bond acceptors (Lipinski definition) is 4. The molecular formula is C19H21NO3S. The summed E-state index contributed by atoms with van der Waals surface area (Å²) in [5, 5.41) is 4.99. The molecule has 0 unspecified atom stereocenters.